The third-order valence-corrected chi connectivity index (χ3v) is 4.75. The number of hydrogen-bond donors (Lipinski definition) is 3. The summed E-state index contributed by atoms with van der Waals surface area (Å²) in [6.07, 6.45) is 9.53. The molecule has 18 heavy (non-hydrogen) atoms. The molecular formula is C15H27NO2. The fourth-order valence-corrected chi connectivity index (χ4v) is 3.88. The molecule has 0 radical (unpaired) electrons. The SMILES string of the molecule is C=CC[C@@H]1CC[C@H]2[C@@H](CC(O)CO)CCC[C@@H]2N1. The lowest BCUT2D eigenvalue weighted by molar-refractivity contribution is 0.0353. The average Bonchev–Trinajstić information content (AvgIpc) is 2.39. The Bertz CT molecular complexity index is 269. The summed E-state index contributed by atoms with van der Waals surface area (Å²) in [7, 11) is 0. The van der Waals surface area contributed by atoms with E-state index in [1.807, 2.05) is 6.08 Å². The third kappa shape index (κ3) is 3.34. The minimum Gasteiger partial charge on any atom is -0.394 e. The highest BCUT2D eigenvalue weighted by molar-refractivity contribution is 4.95. The van der Waals surface area contributed by atoms with Gasteiger partial charge in [0, 0.05) is 12.1 Å². The summed E-state index contributed by atoms with van der Waals surface area (Å²) in [5.74, 6) is 1.28. The lowest BCUT2D eigenvalue weighted by Crippen LogP contribution is -2.51. The number of aliphatic hydroxyl groups is 2. The van der Waals surface area contributed by atoms with Crippen molar-refractivity contribution in [3.63, 3.8) is 0 Å². The van der Waals surface area contributed by atoms with Gasteiger partial charge in [0.15, 0.2) is 0 Å². The molecule has 1 heterocycles. The van der Waals surface area contributed by atoms with E-state index in [9.17, 15) is 5.11 Å². The Balaban J connectivity index is 1.90. The van der Waals surface area contributed by atoms with Gasteiger partial charge < -0.3 is 15.5 Å². The second-order valence-electron chi connectivity index (χ2n) is 6.00. The van der Waals surface area contributed by atoms with Crippen LogP contribution in [-0.2, 0) is 0 Å². The molecule has 0 spiro atoms. The summed E-state index contributed by atoms with van der Waals surface area (Å²) in [5, 5.41) is 22.4. The Morgan fingerprint density at radius 3 is 2.83 bits per heavy atom. The van der Waals surface area contributed by atoms with E-state index in [2.05, 4.69) is 11.9 Å². The topological polar surface area (TPSA) is 52.5 Å². The predicted molar refractivity (Wildman–Crippen MR) is 73.3 cm³/mol. The summed E-state index contributed by atoms with van der Waals surface area (Å²) in [4.78, 5) is 0. The van der Waals surface area contributed by atoms with E-state index in [4.69, 9.17) is 5.11 Å². The molecule has 0 aromatic carbocycles. The van der Waals surface area contributed by atoms with Crippen molar-refractivity contribution in [1.29, 1.82) is 0 Å². The fraction of sp³-hybridized carbons (Fsp3) is 0.867. The van der Waals surface area contributed by atoms with Gasteiger partial charge >= 0.3 is 0 Å². The molecule has 3 N–H and O–H groups in total. The van der Waals surface area contributed by atoms with E-state index < -0.39 is 6.10 Å². The Kier molecular flexibility index (Phi) is 5.22. The molecule has 1 saturated carbocycles. The molecule has 2 fully saturated rings. The Morgan fingerprint density at radius 2 is 2.11 bits per heavy atom. The van der Waals surface area contributed by atoms with Crippen LogP contribution in [0.25, 0.3) is 0 Å². The van der Waals surface area contributed by atoms with Crippen molar-refractivity contribution in [2.45, 2.75) is 63.1 Å². The van der Waals surface area contributed by atoms with Crippen molar-refractivity contribution in [3.8, 4) is 0 Å². The maximum atomic E-state index is 9.65. The number of aliphatic hydroxyl groups excluding tert-OH is 2. The summed E-state index contributed by atoms with van der Waals surface area (Å²) in [6.45, 7) is 3.73. The standard InChI is InChI=1S/C15H27NO2/c1-2-4-12-7-8-14-11(9-13(18)10-17)5-3-6-15(14)16-12/h2,11-18H,1,3-10H2/t11-,12-,13?,14+,15+/m1/s1. The smallest absolute Gasteiger partial charge is 0.0773 e. The minimum absolute atomic E-state index is 0.0968. The van der Waals surface area contributed by atoms with Gasteiger partial charge in [0.2, 0.25) is 0 Å². The third-order valence-electron chi connectivity index (χ3n) is 4.75. The average molecular weight is 253 g/mol. The minimum atomic E-state index is -0.528. The zero-order chi connectivity index (χ0) is 13.0. The van der Waals surface area contributed by atoms with Crippen LogP contribution < -0.4 is 5.32 Å². The first-order valence-corrected chi connectivity index (χ1v) is 7.40. The second kappa shape index (κ2) is 6.69. The van der Waals surface area contributed by atoms with Crippen molar-refractivity contribution in [2.75, 3.05) is 6.61 Å². The van der Waals surface area contributed by atoms with Crippen LogP contribution in [0.15, 0.2) is 12.7 Å². The van der Waals surface area contributed by atoms with E-state index in [1.54, 1.807) is 0 Å². The molecule has 0 bridgehead atoms. The van der Waals surface area contributed by atoms with E-state index in [0.29, 0.717) is 23.9 Å². The molecule has 5 atom stereocenters. The number of hydrogen-bond acceptors (Lipinski definition) is 3. The molecule has 1 unspecified atom stereocenters. The monoisotopic (exact) mass is 253 g/mol. The Hall–Kier alpha value is -0.380. The molecule has 1 saturated heterocycles. The largest absolute Gasteiger partial charge is 0.394 e. The first-order valence-electron chi connectivity index (χ1n) is 7.40. The highest BCUT2D eigenvalue weighted by atomic mass is 16.3. The van der Waals surface area contributed by atoms with Crippen molar-refractivity contribution < 1.29 is 10.2 Å². The molecule has 0 aromatic heterocycles. The van der Waals surface area contributed by atoms with E-state index >= 15 is 0 Å². The van der Waals surface area contributed by atoms with Gasteiger partial charge in [-0.15, -0.1) is 6.58 Å². The molecule has 1 aliphatic carbocycles. The molecule has 0 aromatic rings. The maximum absolute atomic E-state index is 9.65. The lowest BCUT2D eigenvalue weighted by Gasteiger charge is -2.45. The molecule has 2 aliphatic rings. The van der Waals surface area contributed by atoms with Crippen molar-refractivity contribution in [3.05, 3.63) is 12.7 Å². The van der Waals surface area contributed by atoms with Gasteiger partial charge in [0.05, 0.1) is 12.7 Å². The van der Waals surface area contributed by atoms with Crippen LogP contribution in [0.3, 0.4) is 0 Å². The van der Waals surface area contributed by atoms with Gasteiger partial charge in [0.1, 0.15) is 0 Å². The van der Waals surface area contributed by atoms with Gasteiger partial charge in [-0.05, 0) is 50.4 Å². The first kappa shape index (κ1) is 14.0. The van der Waals surface area contributed by atoms with Gasteiger partial charge in [-0.2, -0.15) is 0 Å². The lowest BCUT2D eigenvalue weighted by atomic mass is 9.69. The molecular weight excluding hydrogens is 226 g/mol. The van der Waals surface area contributed by atoms with Crippen LogP contribution in [0.5, 0.6) is 0 Å². The van der Waals surface area contributed by atoms with E-state index in [-0.39, 0.29) is 6.61 Å². The van der Waals surface area contributed by atoms with Crippen LogP contribution in [0.2, 0.25) is 0 Å². The number of nitrogens with one attached hydrogen (secondary N) is 1. The maximum Gasteiger partial charge on any atom is 0.0773 e. The highest BCUT2D eigenvalue weighted by Gasteiger charge is 2.37. The summed E-state index contributed by atoms with van der Waals surface area (Å²) >= 11 is 0. The summed E-state index contributed by atoms with van der Waals surface area (Å²) in [5.41, 5.74) is 0. The zero-order valence-corrected chi connectivity index (χ0v) is 11.2. The van der Waals surface area contributed by atoms with Crippen molar-refractivity contribution in [2.24, 2.45) is 11.8 Å². The number of piperidine rings is 1. The summed E-state index contributed by atoms with van der Waals surface area (Å²) in [6, 6.07) is 1.22. The van der Waals surface area contributed by atoms with Crippen LogP contribution >= 0.6 is 0 Å². The quantitative estimate of drug-likeness (QED) is 0.655. The molecule has 2 rings (SSSR count). The van der Waals surface area contributed by atoms with Gasteiger partial charge in [0.25, 0.3) is 0 Å². The van der Waals surface area contributed by atoms with Gasteiger partial charge in [-0.1, -0.05) is 12.5 Å². The number of rotatable bonds is 5. The zero-order valence-electron chi connectivity index (χ0n) is 11.2. The van der Waals surface area contributed by atoms with Crippen LogP contribution in [0.1, 0.15) is 44.9 Å². The predicted octanol–water partition coefficient (Wildman–Crippen LogP) is 1.84. The molecule has 104 valence electrons. The fourth-order valence-electron chi connectivity index (χ4n) is 3.88. The van der Waals surface area contributed by atoms with Crippen LogP contribution in [-0.4, -0.2) is 35.0 Å². The molecule has 1 aliphatic heterocycles. The van der Waals surface area contributed by atoms with Gasteiger partial charge in [-0.3, -0.25) is 0 Å². The molecule has 3 nitrogen and oxygen atoms in total. The van der Waals surface area contributed by atoms with E-state index in [1.165, 1.54) is 32.1 Å². The van der Waals surface area contributed by atoms with Crippen LogP contribution in [0, 0.1) is 11.8 Å². The van der Waals surface area contributed by atoms with Gasteiger partial charge in [-0.25, -0.2) is 0 Å². The highest BCUT2D eigenvalue weighted by Crippen LogP contribution is 2.39. The van der Waals surface area contributed by atoms with Crippen molar-refractivity contribution >= 4 is 0 Å². The Morgan fingerprint density at radius 1 is 1.28 bits per heavy atom. The molecule has 3 heteroatoms. The first-order chi connectivity index (χ1) is 8.74. The Labute approximate surface area is 110 Å². The number of fused-ring (bicyclic) bond motifs is 1. The second-order valence-corrected chi connectivity index (χ2v) is 6.00. The van der Waals surface area contributed by atoms with Crippen LogP contribution in [0.4, 0.5) is 0 Å². The summed E-state index contributed by atoms with van der Waals surface area (Å²) < 4.78 is 0. The normalized spacial score (nSPS) is 37.9. The van der Waals surface area contributed by atoms with E-state index in [0.717, 1.165) is 12.8 Å². The molecule has 0 amide bonds. The van der Waals surface area contributed by atoms with Crippen molar-refractivity contribution in [1.82, 2.24) is 5.32 Å².